The van der Waals surface area contributed by atoms with Crippen molar-refractivity contribution in [1.82, 2.24) is 5.32 Å². The Bertz CT molecular complexity index is 265. The second-order valence-corrected chi connectivity index (χ2v) is 5.10. The zero-order chi connectivity index (χ0) is 17.7. The van der Waals surface area contributed by atoms with E-state index in [-0.39, 0.29) is 5.91 Å². The molecule has 1 amide bonds. The summed E-state index contributed by atoms with van der Waals surface area (Å²) in [4.78, 5) is 11.4. The Labute approximate surface area is 146 Å². The van der Waals surface area contributed by atoms with Gasteiger partial charge in [0.2, 0.25) is 5.91 Å². The van der Waals surface area contributed by atoms with Gasteiger partial charge in [0.15, 0.2) is 0 Å². The van der Waals surface area contributed by atoms with Crippen molar-refractivity contribution in [3.63, 3.8) is 0 Å². The molecule has 0 radical (unpaired) electrons. The summed E-state index contributed by atoms with van der Waals surface area (Å²) >= 11 is 0. The molecule has 0 rings (SSSR count). The molecule has 0 saturated heterocycles. The SMILES string of the molecule is CCCCOCCOCCOCCOCCC(=O)NCCOCC. The summed E-state index contributed by atoms with van der Waals surface area (Å²) < 4.78 is 26.6. The van der Waals surface area contributed by atoms with Crippen molar-refractivity contribution >= 4 is 5.91 Å². The van der Waals surface area contributed by atoms with Crippen molar-refractivity contribution in [3.8, 4) is 0 Å². The van der Waals surface area contributed by atoms with Gasteiger partial charge >= 0.3 is 0 Å². The molecule has 24 heavy (non-hydrogen) atoms. The van der Waals surface area contributed by atoms with Crippen LogP contribution in [0.1, 0.15) is 33.1 Å². The lowest BCUT2D eigenvalue weighted by Gasteiger charge is -2.08. The van der Waals surface area contributed by atoms with E-state index in [0.29, 0.717) is 72.4 Å². The van der Waals surface area contributed by atoms with E-state index in [1.54, 1.807) is 0 Å². The van der Waals surface area contributed by atoms with Crippen LogP contribution in [0.4, 0.5) is 0 Å². The Morgan fingerprint density at radius 3 is 1.79 bits per heavy atom. The monoisotopic (exact) mass is 349 g/mol. The molecule has 0 aromatic rings. The molecule has 0 aromatic carbocycles. The highest BCUT2D eigenvalue weighted by molar-refractivity contribution is 5.75. The fraction of sp³-hybridized carbons (Fsp3) is 0.941. The Kier molecular flexibility index (Phi) is 19.7. The average molecular weight is 349 g/mol. The summed E-state index contributed by atoms with van der Waals surface area (Å²) in [5.41, 5.74) is 0. The quantitative estimate of drug-likeness (QED) is 0.355. The molecular weight excluding hydrogens is 314 g/mol. The predicted molar refractivity (Wildman–Crippen MR) is 92.3 cm³/mol. The van der Waals surface area contributed by atoms with Crippen LogP contribution in [0.3, 0.4) is 0 Å². The summed E-state index contributed by atoms with van der Waals surface area (Å²) in [6.45, 7) is 10.3. The minimum Gasteiger partial charge on any atom is -0.380 e. The van der Waals surface area contributed by atoms with Crippen molar-refractivity contribution in [2.24, 2.45) is 0 Å². The lowest BCUT2D eigenvalue weighted by Crippen LogP contribution is -2.28. The highest BCUT2D eigenvalue weighted by Gasteiger charge is 2.00. The van der Waals surface area contributed by atoms with Crippen molar-refractivity contribution in [3.05, 3.63) is 0 Å². The molecule has 0 aliphatic carbocycles. The second-order valence-electron chi connectivity index (χ2n) is 5.10. The standard InChI is InChI=1S/C17H35NO6/c1-3-5-8-21-11-13-23-15-16-24-14-12-22-9-6-17(19)18-7-10-20-4-2/h3-16H2,1-2H3,(H,18,19). The number of rotatable bonds is 19. The number of hydrogen-bond donors (Lipinski definition) is 1. The van der Waals surface area contributed by atoms with E-state index >= 15 is 0 Å². The van der Waals surface area contributed by atoms with E-state index in [1.165, 1.54) is 0 Å². The van der Waals surface area contributed by atoms with Crippen LogP contribution in [0.15, 0.2) is 0 Å². The number of nitrogens with one attached hydrogen (secondary N) is 1. The first-order valence-electron chi connectivity index (χ1n) is 8.96. The third kappa shape index (κ3) is 19.3. The van der Waals surface area contributed by atoms with Crippen LogP contribution >= 0.6 is 0 Å². The molecule has 1 N–H and O–H groups in total. The molecule has 0 aliphatic rings. The van der Waals surface area contributed by atoms with Crippen molar-refractivity contribution in [2.45, 2.75) is 33.1 Å². The third-order valence-electron chi connectivity index (χ3n) is 3.00. The smallest absolute Gasteiger partial charge is 0.222 e. The van der Waals surface area contributed by atoms with Crippen LogP contribution < -0.4 is 5.32 Å². The predicted octanol–water partition coefficient (Wildman–Crippen LogP) is 1.40. The van der Waals surface area contributed by atoms with Gasteiger partial charge in [-0.05, 0) is 13.3 Å². The van der Waals surface area contributed by atoms with Crippen molar-refractivity contribution in [2.75, 3.05) is 72.6 Å². The van der Waals surface area contributed by atoms with E-state index in [0.717, 1.165) is 19.4 Å². The molecule has 7 nitrogen and oxygen atoms in total. The summed E-state index contributed by atoms with van der Waals surface area (Å²) in [7, 11) is 0. The number of ether oxygens (including phenoxy) is 5. The van der Waals surface area contributed by atoms with Gasteiger partial charge in [-0.1, -0.05) is 13.3 Å². The van der Waals surface area contributed by atoms with Gasteiger partial charge in [-0.25, -0.2) is 0 Å². The van der Waals surface area contributed by atoms with Crippen molar-refractivity contribution in [1.29, 1.82) is 0 Å². The van der Waals surface area contributed by atoms with E-state index in [9.17, 15) is 4.79 Å². The zero-order valence-corrected chi connectivity index (χ0v) is 15.3. The first-order chi connectivity index (χ1) is 11.8. The minimum absolute atomic E-state index is 0.0230. The molecule has 7 heteroatoms. The lowest BCUT2D eigenvalue weighted by molar-refractivity contribution is -0.122. The number of hydrogen-bond acceptors (Lipinski definition) is 6. The van der Waals surface area contributed by atoms with E-state index in [4.69, 9.17) is 23.7 Å². The maximum absolute atomic E-state index is 11.4. The summed E-state index contributed by atoms with van der Waals surface area (Å²) in [5, 5.41) is 2.76. The first kappa shape index (κ1) is 23.3. The van der Waals surface area contributed by atoms with Crippen LogP contribution in [-0.2, 0) is 28.5 Å². The molecule has 0 heterocycles. The highest BCUT2D eigenvalue weighted by Crippen LogP contribution is 1.88. The Morgan fingerprint density at radius 2 is 1.25 bits per heavy atom. The van der Waals surface area contributed by atoms with Crippen LogP contribution in [0, 0.1) is 0 Å². The van der Waals surface area contributed by atoms with Gasteiger partial charge in [0, 0.05) is 26.2 Å². The van der Waals surface area contributed by atoms with E-state index < -0.39 is 0 Å². The molecule has 0 bridgehead atoms. The second kappa shape index (κ2) is 20.3. The Hall–Kier alpha value is -0.730. The van der Waals surface area contributed by atoms with Crippen LogP contribution in [0.2, 0.25) is 0 Å². The molecule has 144 valence electrons. The highest BCUT2D eigenvalue weighted by atomic mass is 16.6. The van der Waals surface area contributed by atoms with Gasteiger partial charge in [-0.2, -0.15) is 0 Å². The van der Waals surface area contributed by atoms with Crippen LogP contribution in [0.25, 0.3) is 0 Å². The summed E-state index contributed by atoms with van der Waals surface area (Å²) in [6.07, 6.45) is 2.60. The number of carbonyl (C=O) groups is 1. The van der Waals surface area contributed by atoms with Crippen LogP contribution in [-0.4, -0.2) is 78.5 Å². The summed E-state index contributed by atoms with van der Waals surface area (Å²) in [5.74, 6) is -0.0230. The molecule has 0 aromatic heterocycles. The molecule has 0 spiro atoms. The van der Waals surface area contributed by atoms with Gasteiger partial charge < -0.3 is 29.0 Å². The van der Waals surface area contributed by atoms with Gasteiger partial charge in [0.05, 0.1) is 52.9 Å². The number of unbranched alkanes of at least 4 members (excludes halogenated alkanes) is 1. The van der Waals surface area contributed by atoms with Crippen molar-refractivity contribution < 1.29 is 28.5 Å². The molecule has 0 aliphatic heterocycles. The Morgan fingerprint density at radius 1 is 0.708 bits per heavy atom. The topological polar surface area (TPSA) is 75.2 Å². The molecule has 0 fully saturated rings. The van der Waals surface area contributed by atoms with Crippen LogP contribution in [0.5, 0.6) is 0 Å². The lowest BCUT2D eigenvalue weighted by atomic mass is 10.4. The average Bonchev–Trinajstić information content (AvgIpc) is 2.59. The fourth-order valence-electron chi connectivity index (χ4n) is 1.67. The molecule has 0 unspecified atom stereocenters. The maximum atomic E-state index is 11.4. The van der Waals surface area contributed by atoms with Gasteiger partial charge in [-0.3, -0.25) is 4.79 Å². The van der Waals surface area contributed by atoms with Gasteiger partial charge in [0.25, 0.3) is 0 Å². The van der Waals surface area contributed by atoms with E-state index in [2.05, 4.69) is 12.2 Å². The normalized spacial score (nSPS) is 10.9. The summed E-state index contributed by atoms with van der Waals surface area (Å²) in [6, 6.07) is 0. The molecular formula is C17H35NO6. The molecule has 0 atom stereocenters. The Balaban J connectivity index is 3.08. The van der Waals surface area contributed by atoms with Gasteiger partial charge in [0.1, 0.15) is 0 Å². The first-order valence-corrected chi connectivity index (χ1v) is 8.96. The van der Waals surface area contributed by atoms with E-state index in [1.807, 2.05) is 6.92 Å². The zero-order valence-electron chi connectivity index (χ0n) is 15.3. The fourth-order valence-corrected chi connectivity index (χ4v) is 1.67. The minimum atomic E-state index is -0.0230. The van der Waals surface area contributed by atoms with Gasteiger partial charge in [-0.15, -0.1) is 0 Å². The maximum Gasteiger partial charge on any atom is 0.222 e. The largest absolute Gasteiger partial charge is 0.380 e. The number of amides is 1. The third-order valence-corrected chi connectivity index (χ3v) is 3.00. The molecule has 0 saturated carbocycles. The number of carbonyl (C=O) groups excluding carboxylic acids is 1.